The molecule has 1 aromatic carbocycles. The van der Waals surface area contributed by atoms with Gasteiger partial charge in [0.25, 0.3) is 5.91 Å². The van der Waals surface area contributed by atoms with Crippen LogP contribution in [0.3, 0.4) is 0 Å². The van der Waals surface area contributed by atoms with Crippen LogP contribution in [0.15, 0.2) is 24.4 Å². The summed E-state index contributed by atoms with van der Waals surface area (Å²) in [6, 6.07) is 3.76. The molecular weight excluding hydrogens is 514 g/mol. The SMILES string of the molecule is CC[C@@H]1C(=O)N(C)c2cnc(Nc3ccc(C(=O)N[C@@H](CCCCN)C(=O)O)cc3OC)nc2N1C1CCCC1. The second kappa shape index (κ2) is 12.9. The molecule has 2 amide bonds. The molecule has 4 rings (SSSR count). The summed E-state index contributed by atoms with van der Waals surface area (Å²) < 4.78 is 5.53. The van der Waals surface area contributed by atoms with Gasteiger partial charge in [0, 0.05) is 18.7 Å². The van der Waals surface area contributed by atoms with Crippen LogP contribution in [0, 0.1) is 0 Å². The lowest BCUT2D eigenvalue weighted by Gasteiger charge is -2.43. The third kappa shape index (κ3) is 6.11. The fourth-order valence-electron chi connectivity index (χ4n) is 5.49. The zero-order chi connectivity index (χ0) is 28.8. The number of carbonyl (C=O) groups excluding carboxylic acids is 2. The van der Waals surface area contributed by atoms with Crippen molar-refractivity contribution in [1.82, 2.24) is 15.3 Å². The lowest BCUT2D eigenvalue weighted by molar-refractivity contribution is -0.139. The van der Waals surface area contributed by atoms with Crippen molar-refractivity contribution in [2.24, 2.45) is 5.73 Å². The Morgan fingerprint density at radius 3 is 2.65 bits per heavy atom. The van der Waals surface area contributed by atoms with Crippen LogP contribution in [-0.2, 0) is 9.59 Å². The maximum Gasteiger partial charge on any atom is 0.326 e. The van der Waals surface area contributed by atoms with Crippen molar-refractivity contribution in [3.8, 4) is 5.75 Å². The topological polar surface area (TPSA) is 163 Å². The van der Waals surface area contributed by atoms with E-state index in [9.17, 15) is 19.5 Å². The van der Waals surface area contributed by atoms with E-state index in [-0.39, 0.29) is 23.6 Å². The monoisotopic (exact) mass is 553 g/mol. The van der Waals surface area contributed by atoms with E-state index < -0.39 is 17.9 Å². The Morgan fingerprint density at radius 1 is 1.25 bits per heavy atom. The van der Waals surface area contributed by atoms with Crippen LogP contribution in [0.25, 0.3) is 0 Å². The highest BCUT2D eigenvalue weighted by Gasteiger charge is 2.41. The highest BCUT2D eigenvalue weighted by Crippen LogP contribution is 2.40. The van der Waals surface area contributed by atoms with Crippen LogP contribution < -0.4 is 30.9 Å². The number of aliphatic carboxylic acids is 1. The Bertz CT molecular complexity index is 1230. The van der Waals surface area contributed by atoms with Gasteiger partial charge >= 0.3 is 5.97 Å². The molecule has 2 atom stereocenters. The second-order valence-electron chi connectivity index (χ2n) is 10.3. The number of nitrogens with zero attached hydrogens (tertiary/aromatic N) is 4. The van der Waals surface area contributed by atoms with Gasteiger partial charge in [-0.15, -0.1) is 0 Å². The van der Waals surface area contributed by atoms with E-state index in [1.54, 1.807) is 36.3 Å². The molecule has 2 aromatic rings. The van der Waals surface area contributed by atoms with Crippen molar-refractivity contribution >= 4 is 40.9 Å². The summed E-state index contributed by atoms with van der Waals surface area (Å²) in [4.78, 5) is 50.7. The zero-order valence-corrected chi connectivity index (χ0v) is 23.4. The van der Waals surface area contributed by atoms with Crippen molar-refractivity contribution in [1.29, 1.82) is 0 Å². The van der Waals surface area contributed by atoms with E-state index in [2.05, 4.69) is 20.5 Å². The summed E-state index contributed by atoms with van der Waals surface area (Å²) in [5.74, 6) is -0.130. The Balaban J connectivity index is 1.57. The number of anilines is 4. The number of rotatable bonds is 12. The average molecular weight is 554 g/mol. The molecule has 2 aliphatic rings. The Morgan fingerprint density at radius 2 is 2.00 bits per heavy atom. The van der Waals surface area contributed by atoms with Crippen molar-refractivity contribution in [2.45, 2.75) is 76.4 Å². The first-order chi connectivity index (χ1) is 19.3. The zero-order valence-electron chi connectivity index (χ0n) is 23.4. The molecule has 2 heterocycles. The van der Waals surface area contributed by atoms with E-state index in [0.29, 0.717) is 55.3 Å². The van der Waals surface area contributed by atoms with Crippen molar-refractivity contribution in [3.05, 3.63) is 30.0 Å². The van der Waals surface area contributed by atoms with E-state index in [1.807, 2.05) is 6.92 Å². The summed E-state index contributed by atoms with van der Waals surface area (Å²) in [5.41, 5.74) is 6.97. The molecule has 0 radical (unpaired) electrons. The molecule has 216 valence electrons. The highest BCUT2D eigenvalue weighted by molar-refractivity contribution is 6.04. The molecule has 0 unspecified atom stereocenters. The number of methoxy groups -OCH3 is 1. The van der Waals surface area contributed by atoms with Gasteiger partial charge < -0.3 is 36.0 Å². The molecule has 40 heavy (non-hydrogen) atoms. The lowest BCUT2D eigenvalue weighted by Crippen LogP contribution is -2.55. The summed E-state index contributed by atoms with van der Waals surface area (Å²) in [5, 5.41) is 15.3. The van der Waals surface area contributed by atoms with Crippen LogP contribution in [0.5, 0.6) is 5.75 Å². The molecule has 12 nitrogen and oxygen atoms in total. The van der Waals surface area contributed by atoms with Gasteiger partial charge in [-0.05, 0) is 63.3 Å². The molecule has 5 N–H and O–H groups in total. The molecule has 1 aliphatic heterocycles. The first kappa shape index (κ1) is 29.1. The number of unbranched alkanes of at least 4 members (excludes halogenated alkanes) is 1. The number of hydrogen-bond donors (Lipinski definition) is 4. The minimum Gasteiger partial charge on any atom is -0.495 e. The first-order valence-electron chi connectivity index (χ1n) is 13.9. The molecule has 0 saturated heterocycles. The number of aromatic nitrogens is 2. The van der Waals surface area contributed by atoms with Crippen LogP contribution in [0.1, 0.15) is 68.6 Å². The number of amides is 2. The number of hydrogen-bond acceptors (Lipinski definition) is 9. The number of ether oxygens (including phenoxy) is 1. The second-order valence-corrected chi connectivity index (χ2v) is 10.3. The third-order valence-corrected chi connectivity index (χ3v) is 7.67. The van der Waals surface area contributed by atoms with Crippen LogP contribution in [0.2, 0.25) is 0 Å². The van der Waals surface area contributed by atoms with E-state index in [4.69, 9.17) is 15.5 Å². The number of carboxylic acids is 1. The summed E-state index contributed by atoms with van der Waals surface area (Å²) >= 11 is 0. The third-order valence-electron chi connectivity index (χ3n) is 7.67. The summed E-state index contributed by atoms with van der Waals surface area (Å²) in [7, 11) is 3.24. The average Bonchev–Trinajstić information content (AvgIpc) is 3.49. The van der Waals surface area contributed by atoms with E-state index in [0.717, 1.165) is 31.5 Å². The smallest absolute Gasteiger partial charge is 0.326 e. The molecule has 0 spiro atoms. The van der Waals surface area contributed by atoms with Crippen molar-refractivity contribution in [2.75, 3.05) is 35.8 Å². The fourth-order valence-corrected chi connectivity index (χ4v) is 5.49. The van der Waals surface area contributed by atoms with Crippen molar-refractivity contribution < 1.29 is 24.2 Å². The quantitative estimate of drug-likeness (QED) is 0.287. The molecule has 1 aromatic heterocycles. The van der Waals surface area contributed by atoms with Gasteiger partial charge in [-0.2, -0.15) is 4.98 Å². The summed E-state index contributed by atoms with van der Waals surface area (Å²) in [6.07, 6.45) is 8.21. The van der Waals surface area contributed by atoms with Gasteiger partial charge in [-0.1, -0.05) is 19.8 Å². The number of carbonyl (C=O) groups is 3. The maximum absolute atomic E-state index is 13.1. The molecule has 1 aliphatic carbocycles. The largest absolute Gasteiger partial charge is 0.495 e. The molecular formula is C28H39N7O5. The highest BCUT2D eigenvalue weighted by atomic mass is 16.5. The van der Waals surface area contributed by atoms with E-state index in [1.165, 1.54) is 7.11 Å². The minimum atomic E-state index is -1.09. The number of nitrogens with two attached hydrogens (primary N) is 1. The predicted molar refractivity (Wildman–Crippen MR) is 152 cm³/mol. The van der Waals surface area contributed by atoms with Gasteiger partial charge in [-0.25, -0.2) is 9.78 Å². The summed E-state index contributed by atoms with van der Waals surface area (Å²) in [6.45, 7) is 2.48. The maximum atomic E-state index is 13.1. The number of likely N-dealkylation sites (N-methyl/N-ethyl adjacent to an activating group) is 1. The lowest BCUT2D eigenvalue weighted by atomic mass is 10.0. The van der Waals surface area contributed by atoms with Crippen LogP contribution in [-0.4, -0.2) is 71.7 Å². The van der Waals surface area contributed by atoms with Crippen LogP contribution >= 0.6 is 0 Å². The van der Waals surface area contributed by atoms with Gasteiger partial charge in [-0.3, -0.25) is 9.59 Å². The Hall–Kier alpha value is -3.93. The number of fused-ring (bicyclic) bond motifs is 1. The predicted octanol–water partition coefficient (Wildman–Crippen LogP) is 3.04. The molecule has 0 bridgehead atoms. The number of carboxylic acid groups (broad SMARTS) is 1. The van der Waals surface area contributed by atoms with Crippen LogP contribution in [0.4, 0.5) is 23.1 Å². The standard InChI is InChI=1S/C28H39N7O5/c1-4-21-26(37)34(2)22-16-30-28(33-24(22)35(21)18-9-5-6-10-18)32-19-13-12-17(15-23(19)40-3)25(36)31-20(27(38)39)11-7-8-14-29/h12-13,15-16,18,20-21H,4-11,14,29H2,1-3H3,(H,31,36)(H,38,39)(H,30,32,33)/t20-,21+/m0/s1. The fraction of sp³-hybridized carbons (Fsp3) is 0.536. The van der Waals surface area contributed by atoms with Gasteiger partial charge in [0.05, 0.1) is 19.0 Å². The van der Waals surface area contributed by atoms with Gasteiger partial charge in [0.1, 0.15) is 23.5 Å². The van der Waals surface area contributed by atoms with Gasteiger partial charge in [0.15, 0.2) is 5.82 Å². The number of benzene rings is 1. The molecule has 12 heteroatoms. The van der Waals surface area contributed by atoms with Gasteiger partial charge in [0.2, 0.25) is 11.9 Å². The first-order valence-corrected chi connectivity index (χ1v) is 13.9. The number of nitrogens with one attached hydrogen (secondary N) is 2. The van der Waals surface area contributed by atoms with E-state index >= 15 is 0 Å². The minimum absolute atomic E-state index is 0.0475. The Labute approximate surface area is 234 Å². The normalized spacial score (nSPS) is 17.9. The Kier molecular flexibility index (Phi) is 9.41. The molecule has 1 saturated carbocycles. The molecule has 1 fully saturated rings. The van der Waals surface area contributed by atoms with Crippen molar-refractivity contribution in [3.63, 3.8) is 0 Å².